The molecule has 0 atom stereocenters. The van der Waals surface area contributed by atoms with Crippen LogP contribution in [0.5, 0.6) is 0 Å². The summed E-state index contributed by atoms with van der Waals surface area (Å²) in [4.78, 5) is 11.9. The predicted octanol–water partition coefficient (Wildman–Crippen LogP) is 3.48. The molecule has 1 amide bonds. The number of anilines is 1. The summed E-state index contributed by atoms with van der Waals surface area (Å²) in [6.45, 7) is 1.63. The van der Waals surface area contributed by atoms with Crippen LogP contribution in [-0.4, -0.2) is 16.1 Å². The molecule has 1 N–H and O–H groups in total. The molecule has 2 rings (SSSR count). The summed E-state index contributed by atoms with van der Waals surface area (Å²) in [5.74, 6) is -0.945. The van der Waals surface area contributed by atoms with Gasteiger partial charge in [0.05, 0.1) is 5.56 Å². The summed E-state index contributed by atoms with van der Waals surface area (Å²) in [5.41, 5.74) is 0.879. The van der Waals surface area contributed by atoms with E-state index in [1.54, 1.807) is 19.1 Å². The second-order valence-corrected chi connectivity index (χ2v) is 4.53. The highest BCUT2D eigenvalue weighted by Crippen LogP contribution is 2.19. The van der Waals surface area contributed by atoms with Crippen LogP contribution < -0.4 is 5.32 Å². The molecule has 0 aliphatic heterocycles. The number of hydrogen-bond acceptors (Lipinski definition) is 3. The van der Waals surface area contributed by atoms with Crippen LogP contribution in [-0.2, 0) is 0 Å². The molecule has 2 aromatic rings. The minimum Gasteiger partial charge on any atom is -0.322 e. The third-order valence-electron chi connectivity index (χ3n) is 2.39. The maximum absolute atomic E-state index is 13.4. The zero-order chi connectivity index (χ0) is 14.0. The van der Waals surface area contributed by atoms with E-state index in [4.69, 9.17) is 23.2 Å². The Labute approximate surface area is 118 Å². The number of hydrogen-bond donors (Lipinski definition) is 1. The van der Waals surface area contributed by atoms with Gasteiger partial charge < -0.3 is 5.32 Å². The highest BCUT2D eigenvalue weighted by molar-refractivity contribution is 6.34. The van der Waals surface area contributed by atoms with Gasteiger partial charge in [-0.2, -0.15) is 0 Å². The minimum absolute atomic E-state index is 0.0460. The van der Waals surface area contributed by atoms with Crippen LogP contribution in [0.25, 0.3) is 0 Å². The molecule has 0 radical (unpaired) electrons. The molecule has 19 heavy (non-hydrogen) atoms. The summed E-state index contributed by atoms with van der Waals surface area (Å²) >= 11 is 11.4. The van der Waals surface area contributed by atoms with Crippen molar-refractivity contribution in [2.24, 2.45) is 0 Å². The molecule has 7 heteroatoms. The van der Waals surface area contributed by atoms with Gasteiger partial charge >= 0.3 is 0 Å². The number of aromatic nitrogens is 2. The number of amides is 1. The molecular formula is C12H8Cl2FN3O. The van der Waals surface area contributed by atoms with Gasteiger partial charge in [-0.1, -0.05) is 29.3 Å². The van der Waals surface area contributed by atoms with Gasteiger partial charge in [0.15, 0.2) is 10.3 Å². The van der Waals surface area contributed by atoms with Crippen molar-refractivity contribution in [3.8, 4) is 0 Å². The van der Waals surface area contributed by atoms with Crippen LogP contribution >= 0.6 is 23.2 Å². The Bertz CT molecular complexity index is 649. The van der Waals surface area contributed by atoms with E-state index in [9.17, 15) is 9.18 Å². The van der Waals surface area contributed by atoms with Gasteiger partial charge in [0.1, 0.15) is 5.82 Å². The Hall–Kier alpha value is -1.72. The maximum atomic E-state index is 13.4. The maximum Gasteiger partial charge on any atom is 0.258 e. The molecule has 4 nitrogen and oxygen atoms in total. The summed E-state index contributed by atoms with van der Waals surface area (Å²) in [5, 5.41) is 9.50. The molecule has 0 unspecified atom stereocenters. The first-order chi connectivity index (χ1) is 8.97. The van der Waals surface area contributed by atoms with Crippen LogP contribution in [0.2, 0.25) is 10.3 Å². The van der Waals surface area contributed by atoms with Crippen molar-refractivity contribution < 1.29 is 9.18 Å². The van der Waals surface area contributed by atoms with Gasteiger partial charge in [-0.25, -0.2) is 4.39 Å². The van der Waals surface area contributed by atoms with E-state index < -0.39 is 11.7 Å². The molecule has 0 bridgehead atoms. The van der Waals surface area contributed by atoms with Gasteiger partial charge in [0.25, 0.3) is 5.91 Å². The fourth-order valence-corrected chi connectivity index (χ4v) is 1.71. The molecule has 98 valence electrons. The molecule has 0 fully saturated rings. The summed E-state index contributed by atoms with van der Waals surface area (Å²) in [7, 11) is 0. The van der Waals surface area contributed by atoms with Crippen molar-refractivity contribution >= 4 is 34.8 Å². The lowest BCUT2D eigenvalue weighted by Crippen LogP contribution is -2.13. The first-order valence-electron chi connectivity index (χ1n) is 5.23. The zero-order valence-electron chi connectivity index (χ0n) is 9.75. The number of carbonyl (C=O) groups is 1. The van der Waals surface area contributed by atoms with Crippen LogP contribution in [0.3, 0.4) is 0 Å². The van der Waals surface area contributed by atoms with E-state index in [1.807, 2.05) is 0 Å². The quantitative estimate of drug-likeness (QED) is 0.923. The third kappa shape index (κ3) is 3.19. The number of carbonyl (C=O) groups excluding carboxylic acids is 1. The Morgan fingerprint density at radius 1 is 1.26 bits per heavy atom. The Morgan fingerprint density at radius 2 is 2.00 bits per heavy atom. The monoisotopic (exact) mass is 299 g/mol. The van der Waals surface area contributed by atoms with Gasteiger partial charge in [-0.15, -0.1) is 10.2 Å². The van der Waals surface area contributed by atoms with Crippen molar-refractivity contribution in [1.82, 2.24) is 10.2 Å². The van der Waals surface area contributed by atoms with Crippen LogP contribution in [0.4, 0.5) is 10.1 Å². The van der Waals surface area contributed by atoms with Crippen LogP contribution in [0, 0.1) is 12.7 Å². The summed E-state index contributed by atoms with van der Waals surface area (Å²) < 4.78 is 13.4. The molecule has 0 saturated heterocycles. The van der Waals surface area contributed by atoms with E-state index in [-0.39, 0.29) is 15.9 Å². The molecule has 1 aromatic carbocycles. The SMILES string of the molecule is Cc1ccc(NC(=O)c2cc(Cl)nnc2Cl)cc1F. The Kier molecular flexibility index (Phi) is 3.97. The number of benzene rings is 1. The Balaban J connectivity index is 2.25. The predicted molar refractivity (Wildman–Crippen MR) is 71.1 cm³/mol. The zero-order valence-corrected chi connectivity index (χ0v) is 11.3. The number of nitrogens with zero attached hydrogens (tertiary/aromatic N) is 2. The topological polar surface area (TPSA) is 54.9 Å². The molecule has 1 aromatic heterocycles. The van der Waals surface area contributed by atoms with Crippen molar-refractivity contribution in [3.63, 3.8) is 0 Å². The second kappa shape index (κ2) is 5.50. The van der Waals surface area contributed by atoms with Gasteiger partial charge in [0.2, 0.25) is 0 Å². The largest absolute Gasteiger partial charge is 0.322 e. The molecule has 1 heterocycles. The van der Waals surface area contributed by atoms with Crippen molar-refractivity contribution in [3.05, 3.63) is 51.5 Å². The fourth-order valence-electron chi connectivity index (χ4n) is 1.38. The third-order valence-corrected chi connectivity index (χ3v) is 2.86. The smallest absolute Gasteiger partial charge is 0.258 e. The number of halogens is 3. The molecule has 0 spiro atoms. The van der Waals surface area contributed by atoms with E-state index in [1.165, 1.54) is 12.1 Å². The fraction of sp³-hybridized carbons (Fsp3) is 0.0833. The van der Waals surface area contributed by atoms with Crippen molar-refractivity contribution in [2.45, 2.75) is 6.92 Å². The van der Waals surface area contributed by atoms with Gasteiger partial charge in [0, 0.05) is 5.69 Å². The Morgan fingerprint density at radius 3 is 2.68 bits per heavy atom. The number of aryl methyl sites for hydroxylation is 1. The highest BCUT2D eigenvalue weighted by atomic mass is 35.5. The summed E-state index contributed by atoms with van der Waals surface area (Å²) in [6.07, 6.45) is 0. The minimum atomic E-state index is -0.537. The van der Waals surface area contributed by atoms with Gasteiger partial charge in [-0.3, -0.25) is 4.79 Å². The highest BCUT2D eigenvalue weighted by Gasteiger charge is 2.13. The average molecular weight is 300 g/mol. The number of nitrogens with one attached hydrogen (secondary N) is 1. The first kappa shape index (κ1) is 13.7. The van der Waals surface area contributed by atoms with E-state index in [0.717, 1.165) is 0 Å². The van der Waals surface area contributed by atoms with Gasteiger partial charge in [-0.05, 0) is 30.7 Å². The van der Waals surface area contributed by atoms with E-state index in [0.29, 0.717) is 11.3 Å². The molecule has 0 aliphatic carbocycles. The number of rotatable bonds is 2. The lowest BCUT2D eigenvalue weighted by molar-refractivity contribution is 0.102. The van der Waals surface area contributed by atoms with Crippen molar-refractivity contribution in [1.29, 1.82) is 0 Å². The van der Waals surface area contributed by atoms with Crippen LogP contribution in [0.1, 0.15) is 15.9 Å². The lowest BCUT2D eigenvalue weighted by atomic mass is 10.2. The van der Waals surface area contributed by atoms with E-state index in [2.05, 4.69) is 15.5 Å². The van der Waals surface area contributed by atoms with E-state index >= 15 is 0 Å². The molecular weight excluding hydrogens is 292 g/mol. The normalized spacial score (nSPS) is 10.3. The van der Waals surface area contributed by atoms with Crippen molar-refractivity contribution in [2.75, 3.05) is 5.32 Å². The van der Waals surface area contributed by atoms with Crippen LogP contribution in [0.15, 0.2) is 24.3 Å². The lowest BCUT2D eigenvalue weighted by Gasteiger charge is -2.07. The standard InChI is InChI=1S/C12H8Cl2FN3O/c1-6-2-3-7(4-9(6)15)16-12(19)8-5-10(13)17-18-11(8)14/h2-5H,1H3,(H,16,19). The summed E-state index contributed by atoms with van der Waals surface area (Å²) in [6, 6.07) is 5.65. The average Bonchev–Trinajstić information content (AvgIpc) is 2.36. The first-order valence-corrected chi connectivity index (χ1v) is 5.99. The second-order valence-electron chi connectivity index (χ2n) is 3.79. The molecule has 0 saturated carbocycles. The molecule has 0 aliphatic rings.